The molecule has 1 N–H and O–H groups in total. The SMILES string of the molecule is CC/C=C\C/C=C\C/C=C\C/C=C\CCC(=O)OC(CO)COCCCCCCCCCCCCCCCCCCCCCCCCCC. The van der Waals surface area contributed by atoms with Gasteiger partial charge in [0, 0.05) is 13.0 Å². The number of rotatable bonds is 39. The van der Waals surface area contributed by atoms with Crippen molar-refractivity contribution in [3.05, 3.63) is 48.6 Å². The van der Waals surface area contributed by atoms with Crippen LogP contribution >= 0.6 is 0 Å². The maximum absolute atomic E-state index is 12.1. The number of aliphatic hydroxyl groups excluding tert-OH is 1. The molecule has 0 saturated carbocycles. The van der Waals surface area contributed by atoms with Gasteiger partial charge < -0.3 is 14.6 Å². The van der Waals surface area contributed by atoms with Crippen molar-refractivity contribution in [2.45, 2.75) is 213 Å². The van der Waals surface area contributed by atoms with E-state index >= 15 is 0 Å². The Balaban J connectivity index is 3.41. The number of carbonyl (C=O) groups excluding carboxylic acids is 1. The topological polar surface area (TPSA) is 55.8 Å². The maximum Gasteiger partial charge on any atom is 0.306 e. The highest BCUT2D eigenvalue weighted by atomic mass is 16.6. The third-order valence-corrected chi connectivity index (χ3v) is 9.18. The molecule has 286 valence electrons. The summed E-state index contributed by atoms with van der Waals surface area (Å²) in [4.78, 5) is 12.1. The van der Waals surface area contributed by atoms with E-state index in [1.165, 1.54) is 148 Å². The molecule has 0 spiro atoms. The first-order valence-electron chi connectivity index (χ1n) is 21.2. The lowest BCUT2D eigenvalue weighted by Gasteiger charge is -2.15. The van der Waals surface area contributed by atoms with Crippen LogP contribution in [0.1, 0.15) is 206 Å². The van der Waals surface area contributed by atoms with Gasteiger partial charge in [-0.2, -0.15) is 0 Å². The molecule has 0 heterocycles. The summed E-state index contributed by atoms with van der Waals surface area (Å²) >= 11 is 0. The molecule has 0 aliphatic rings. The van der Waals surface area contributed by atoms with E-state index in [1.807, 2.05) is 6.08 Å². The van der Waals surface area contributed by atoms with E-state index in [2.05, 4.69) is 56.4 Å². The Kier molecular flexibility index (Phi) is 41.1. The number of carbonyl (C=O) groups is 1. The maximum atomic E-state index is 12.1. The summed E-state index contributed by atoms with van der Waals surface area (Å²) in [5.41, 5.74) is 0. The smallest absolute Gasteiger partial charge is 0.306 e. The first-order valence-corrected chi connectivity index (χ1v) is 21.2. The highest BCUT2D eigenvalue weighted by Crippen LogP contribution is 2.16. The van der Waals surface area contributed by atoms with Crippen molar-refractivity contribution in [1.29, 1.82) is 0 Å². The second-order valence-electron chi connectivity index (χ2n) is 14.0. The fourth-order valence-electron chi connectivity index (χ4n) is 6.05. The van der Waals surface area contributed by atoms with E-state index in [-0.39, 0.29) is 19.2 Å². The minimum Gasteiger partial charge on any atom is -0.457 e. The fourth-order valence-corrected chi connectivity index (χ4v) is 6.05. The van der Waals surface area contributed by atoms with Gasteiger partial charge in [0.05, 0.1) is 13.2 Å². The largest absolute Gasteiger partial charge is 0.457 e. The molecule has 1 unspecified atom stereocenters. The average molecular weight is 687 g/mol. The number of hydrogen-bond donors (Lipinski definition) is 1. The molecule has 0 aliphatic carbocycles. The Morgan fingerprint density at radius 2 is 0.878 bits per heavy atom. The molecule has 0 fully saturated rings. The van der Waals surface area contributed by atoms with Gasteiger partial charge in [-0.05, 0) is 38.5 Å². The van der Waals surface area contributed by atoms with E-state index in [4.69, 9.17) is 9.47 Å². The summed E-state index contributed by atoms with van der Waals surface area (Å²) in [6.07, 6.45) is 54.8. The molecule has 4 heteroatoms. The summed E-state index contributed by atoms with van der Waals surface area (Å²) in [6.45, 7) is 5.17. The minimum atomic E-state index is -0.570. The summed E-state index contributed by atoms with van der Waals surface area (Å²) in [7, 11) is 0. The van der Waals surface area contributed by atoms with Gasteiger partial charge in [-0.15, -0.1) is 0 Å². The minimum absolute atomic E-state index is 0.199. The summed E-state index contributed by atoms with van der Waals surface area (Å²) < 4.78 is 11.1. The number of esters is 1. The Morgan fingerprint density at radius 3 is 1.27 bits per heavy atom. The lowest BCUT2D eigenvalue weighted by Crippen LogP contribution is -2.27. The van der Waals surface area contributed by atoms with Crippen molar-refractivity contribution in [2.75, 3.05) is 19.8 Å². The lowest BCUT2D eigenvalue weighted by atomic mass is 10.0. The zero-order valence-electron chi connectivity index (χ0n) is 32.7. The van der Waals surface area contributed by atoms with Gasteiger partial charge in [0.25, 0.3) is 0 Å². The van der Waals surface area contributed by atoms with Gasteiger partial charge in [-0.25, -0.2) is 0 Å². The second-order valence-corrected chi connectivity index (χ2v) is 14.0. The van der Waals surface area contributed by atoms with Crippen LogP contribution in [-0.2, 0) is 14.3 Å². The third-order valence-electron chi connectivity index (χ3n) is 9.18. The Labute approximate surface area is 305 Å². The van der Waals surface area contributed by atoms with Crippen molar-refractivity contribution in [1.82, 2.24) is 0 Å². The van der Waals surface area contributed by atoms with Gasteiger partial charge >= 0.3 is 5.97 Å². The normalized spacial score (nSPS) is 12.8. The zero-order chi connectivity index (χ0) is 35.6. The summed E-state index contributed by atoms with van der Waals surface area (Å²) in [5, 5.41) is 9.56. The second kappa shape index (κ2) is 42.5. The number of aliphatic hydroxyl groups is 1. The molecule has 49 heavy (non-hydrogen) atoms. The number of unbranched alkanes of at least 4 members (excludes halogenated alkanes) is 23. The molecule has 0 aromatic heterocycles. The van der Waals surface area contributed by atoms with Crippen molar-refractivity contribution in [3.63, 3.8) is 0 Å². The molecule has 0 bridgehead atoms. The standard InChI is InChI=1S/C45H82O4/c1-3-5-7-9-11-13-15-17-18-19-20-21-22-23-24-25-26-27-29-31-33-35-37-39-41-48-43-44(42-46)49-45(47)40-38-36-34-32-30-28-16-14-12-10-8-6-4-2/h6,8,12,14,28,30,34,36,44,46H,3-5,7,9-11,13,15-27,29,31-33,35,37-43H2,1-2H3/b8-6-,14-12-,30-28-,36-34-. The van der Waals surface area contributed by atoms with E-state index in [0.717, 1.165) is 32.1 Å². The van der Waals surface area contributed by atoms with E-state index in [0.29, 0.717) is 19.4 Å². The predicted molar refractivity (Wildman–Crippen MR) is 214 cm³/mol. The molecule has 4 nitrogen and oxygen atoms in total. The number of ether oxygens (including phenoxy) is 2. The van der Waals surface area contributed by atoms with Crippen LogP contribution in [0.5, 0.6) is 0 Å². The molecular weight excluding hydrogens is 604 g/mol. The molecule has 0 rings (SSSR count). The highest BCUT2D eigenvalue weighted by molar-refractivity contribution is 5.69. The quantitative estimate of drug-likeness (QED) is 0.0397. The Hall–Kier alpha value is -1.65. The lowest BCUT2D eigenvalue weighted by molar-refractivity contribution is -0.154. The number of allylic oxidation sites excluding steroid dienone is 8. The van der Waals surface area contributed by atoms with Gasteiger partial charge in [0.1, 0.15) is 6.10 Å². The van der Waals surface area contributed by atoms with Crippen LogP contribution in [0.2, 0.25) is 0 Å². The first-order chi connectivity index (χ1) is 24.2. The molecule has 1 atom stereocenters. The van der Waals surface area contributed by atoms with Crippen LogP contribution < -0.4 is 0 Å². The van der Waals surface area contributed by atoms with Gasteiger partial charge in [0.15, 0.2) is 0 Å². The summed E-state index contributed by atoms with van der Waals surface area (Å²) in [6, 6.07) is 0. The third kappa shape index (κ3) is 40.7. The van der Waals surface area contributed by atoms with E-state index in [9.17, 15) is 9.90 Å². The Bertz CT molecular complexity index is 768. The van der Waals surface area contributed by atoms with Crippen LogP contribution in [0, 0.1) is 0 Å². The van der Waals surface area contributed by atoms with Crippen molar-refractivity contribution in [2.24, 2.45) is 0 Å². The van der Waals surface area contributed by atoms with Crippen LogP contribution in [0.3, 0.4) is 0 Å². The molecule has 0 amide bonds. The zero-order valence-corrected chi connectivity index (χ0v) is 32.7. The molecule has 0 radical (unpaired) electrons. The van der Waals surface area contributed by atoms with Gasteiger partial charge in [-0.1, -0.05) is 210 Å². The predicted octanol–water partition coefficient (Wildman–Crippen LogP) is 13.9. The van der Waals surface area contributed by atoms with Crippen LogP contribution in [-0.4, -0.2) is 37.0 Å². The van der Waals surface area contributed by atoms with Crippen LogP contribution in [0.4, 0.5) is 0 Å². The first kappa shape index (κ1) is 47.4. The van der Waals surface area contributed by atoms with Crippen LogP contribution in [0.15, 0.2) is 48.6 Å². The Morgan fingerprint density at radius 1 is 0.510 bits per heavy atom. The monoisotopic (exact) mass is 687 g/mol. The van der Waals surface area contributed by atoms with Gasteiger partial charge in [0.2, 0.25) is 0 Å². The highest BCUT2D eigenvalue weighted by Gasteiger charge is 2.13. The van der Waals surface area contributed by atoms with Crippen LogP contribution in [0.25, 0.3) is 0 Å². The summed E-state index contributed by atoms with van der Waals surface area (Å²) in [5.74, 6) is -0.278. The molecule has 0 aromatic carbocycles. The molecule has 0 aliphatic heterocycles. The van der Waals surface area contributed by atoms with Gasteiger partial charge in [-0.3, -0.25) is 4.79 Å². The van der Waals surface area contributed by atoms with Crippen molar-refractivity contribution in [3.8, 4) is 0 Å². The van der Waals surface area contributed by atoms with E-state index < -0.39 is 6.10 Å². The van der Waals surface area contributed by atoms with Crippen molar-refractivity contribution < 1.29 is 19.4 Å². The van der Waals surface area contributed by atoms with Crippen molar-refractivity contribution >= 4 is 5.97 Å². The van der Waals surface area contributed by atoms with E-state index in [1.54, 1.807) is 0 Å². The molecule has 0 aromatic rings. The fraction of sp³-hybridized carbons (Fsp3) is 0.800. The molecule has 0 saturated heterocycles. The molecular formula is C45H82O4. The average Bonchev–Trinajstić information content (AvgIpc) is 3.11. The number of hydrogen-bond acceptors (Lipinski definition) is 4.